The summed E-state index contributed by atoms with van der Waals surface area (Å²) in [5, 5.41) is 19.8. The van der Waals surface area contributed by atoms with Crippen LogP contribution in [-0.4, -0.2) is 35.4 Å². The summed E-state index contributed by atoms with van der Waals surface area (Å²) in [6, 6.07) is 9.97. The first-order valence-electron chi connectivity index (χ1n) is 7.26. The first-order valence-corrected chi connectivity index (χ1v) is 7.26. The molecule has 1 rings (SSSR count). The highest BCUT2D eigenvalue weighted by molar-refractivity contribution is 5.73. The summed E-state index contributed by atoms with van der Waals surface area (Å²) >= 11 is 0. The summed E-state index contributed by atoms with van der Waals surface area (Å²) in [4.78, 5) is 10.4. The van der Waals surface area contributed by atoms with Crippen LogP contribution in [0.5, 0.6) is 0 Å². The zero-order valence-electron chi connectivity index (χ0n) is 12.5. The van der Waals surface area contributed by atoms with E-state index in [2.05, 4.69) is 42.6 Å². The topological polar surface area (TPSA) is 69.6 Å². The van der Waals surface area contributed by atoms with Crippen LogP contribution in [0.1, 0.15) is 38.7 Å². The van der Waals surface area contributed by atoms with Gasteiger partial charge in [0.15, 0.2) is 0 Å². The van der Waals surface area contributed by atoms with E-state index in [9.17, 15) is 4.79 Å². The van der Waals surface area contributed by atoms with Crippen molar-refractivity contribution in [3.05, 3.63) is 35.9 Å². The lowest BCUT2D eigenvalue weighted by Crippen LogP contribution is -2.37. The quantitative estimate of drug-likeness (QED) is 0.684. The van der Waals surface area contributed by atoms with Gasteiger partial charge in [-0.05, 0) is 31.4 Å². The Morgan fingerprint density at radius 2 is 1.85 bits per heavy atom. The van der Waals surface area contributed by atoms with Crippen molar-refractivity contribution in [2.75, 3.05) is 13.2 Å². The predicted octanol–water partition coefficient (Wildman–Crippen LogP) is 2.46. The fourth-order valence-electron chi connectivity index (χ4n) is 1.69. The maximum atomic E-state index is 10.4. The highest BCUT2D eigenvalue weighted by atomic mass is 16.4. The van der Waals surface area contributed by atoms with Gasteiger partial charge in [-0.1, -0.05) is 50.6 Å². The number of aliphatic carboxylic acids is 1. The number of hydrogen-bond acceptors (Lipinski definition) is 3. The lowest BCUT2D eigenvalue weighted by Gasteiger charge is -2.11. The molecule has 0 fully saturated rings. The molecule has 0 spiro atoms. The van der Waals surface area contributed by atoms with Gasteiger partial charge in [-0.15, -0.1) is 0 Å². The van der Waals surface area contributed by atoms with Crippen LogP contribution in [0, 0.1) is 0 Å². The molecular weight excluding hydrogens is 254 g/mol. The molecule has 0 unspecified atom stereocenters. The van der Waals surface area contributed by atoms with Crippen LogP contribution in [0.2, 0.25) is 0 Å². The van der Waals surface area contributed by atoms with Gasteiger partial charge >= 0.3 is 5.97 Å². The average Bonchev–Trinajstić information content (AvgIpc) is 2.45. The third-order valence-corrected chi connectivity index (χ3v) is 2.74. The first kappa shape index (κ1) is 18.6. The van der Waals surface area contributed by atoms with Crippen molar-refractivity contribution in [1.82, 2.24) is 5.32 Å². The highest BCUT2D eigenvalue weighted by Crippen LogP contribution is 2.00. The van der Waals surface area contributed by atoms with Crippen molar-refractivity contribution < 1.29 is 15.0 Å². The monoisotopic (exact) mass is 281 g/mol. The Bertz CT molecular complexity index is 341. The molecule has 0 aromatic heterocycles. The van der Waals surface area contributed by atoms with E-state index in [1.807, 2.05) is 6.92 Å². The van der Waals surface area contributed by atoms with Gasteiger partial charge in [0, 0.05) is 6.61 Å². The summed E-state index contributed by atoms with van der Waals surface area (Å²) in [6.45, 7) is 4.75. The number of aryl methyl sites for hydroxylation is 1. The molecule has 0 heterocycles. The van der Waals surface area contributed by atoms with E-state index in [0.29, 0.717) is 6.54 Å². The molecule has 1 atom stereocenters. The maximum absolute atomic E-state index is 10.4. The molecule has 1 aromatic rings. The number of benzene rings is 1. The van der Waals surface area contributed by atoms with Crippen LogP contribution >= 0.6 is 0 Å². The third-order valence-electron chi connectivity index (χ3n) is 2.74. The lowest BCUT2D eigenvalue weighted by molar-refractivity contribution is -0.139. The summed E-state index contributed by atoms with van der Waals surface area (Å²) in [6.07, 6.45) is 3.62. The van der Waals surface area contributed by atoms with Gasteiger partial charge in [-0.25, -0.2) is 0 Å². The van der Waals surface area contributed by atoms with E-state index in [0.717, 1.165) is 6.42 Å². The summed E-state index contributed by atoms with van der Waals surface area (Å²) in [7, 11) is 0. The second kappa shape index (κ2) is 12.6. The first-order chi connectivity index (χ1) is 9.65. The number of aliphatic hydroxyl groups excluding tert-OH is 1. The molecule has 1 aromatic carbocycles. The van der Waals surface area contributed by atoms with Gasteiger partial charge in [0.05, 0.1) is 0 Å². The van der Waals surface area contributed by atoms with Crippen LogP contribution < -0.4 is 5.32 Å². The molecule has 0 radical (unpaired) electrons. The van der Waals surface area contributed by atoms with Gasteiger partial charge < -0.3 is 15.5 Å². The van der Waals surface area contributed by atoms with E-state index in [4.69, 9.17) is 10.2 Å². The molecule has 0 aliphatic heterocycles. The molecule has 3 N–H and O–H groups in total. The minimum atomic E-state index is -0.896. The zero-order valence-corrected chi connectivity index (χ0v) is 12.5. The number of hydrogen-bond donors (Lipinski definition) is 3. The highest BCUT2D eigenvalue weighted by Gasteiger charge is 2.14. The van der Waals surface area contributed by atoms with Crippen molar-refractivity contribution in [2.45, 2.75) is 45.6 Å². The summed E-state index contributed by atoms with van der Waals surface area (Å²) in [5.74, 6) is -0.896. The largest absolute Gasteiger partial charge is 0.480 e. The van der Waals surface area contributed by atoms with Crippen molar-refractivity contribution >= 4 is 5.97 Å². The summed E-state index contributed by atoms with van der Waals surface area (Å²) in [5.41, 5.74) is 1.44. The Hall–Kier alpha value is -1.39. The average molecular weight is 281 g/mol. The zero-order chi connectivity index (χ0) is 15.2. The van der Waals surface area contributed by atoms with E-state index in [1.165, 1.54) is 18.4 Å². The summed E-state index contributed by atoms with van der Waals surface area (Å²) < 4.78 is 0. The minimum Gasteiger partial charge on any atom is -0.480 e. The van der Waals surface area contributed by atoms with E-state index in [-0.39, 0.29) is 13.0 Å². The van der Waals surface area contributed by atoms with E-state index in [1.54, 1.807) is 0 Å². The second-order valence-corrected chi connectivity index (χ2v) is 4.59. The van der Waals surface area contributed by atoms with Gasteiger partial charge in [-0.2, -0.15) is 0 Å². The third kappa shape index (κ3) is 9.53. The number of rotatable bonds is 8. The Balaban J connectivity index is 0.000000367. The Labute approximate surface area is 121 Å². The van der Waals surface area contributed by atoms with Crippen molar-refractivity contribution in [3.8, 4) is 0 Å². The number of aliphatic hydroxyl groups is 1. The molecule has 114 valence electrons. The standard InChI is InChI=1S/C9H12.C7H15NO3/c1-2-6-9-7-4-3-5-8-9;1-2-4-8-6(3-5-9)7(10)11/h3-5,7-8H,2,6H2,1H3;6,8-9H,2-5H2,1H3,(H,10,11)/t;6-/m.0/s1. The number of carbonyl (C=O) groups is 1. The van der Waals surface area contributed by atoms with E-state index < -0.39 is 12.0 Å². The fourth-order valence-corrected chi connectivity index (χ4v) is 1.69. The van der Waals surface area contributed by atoms with Gasteiger partial charge in [0.1, 0.15) is 6.04 Å². The molecule has 4 nitrogen and oxygen atoms in total. The van der Waals surface area contributed by atoms with Crippen LogP contribution in [0.25, 0.3) is 0 Å². The lowest BCUT2D eigenvalue weighted by atomic mass is 10.1. The predicted molar refractivity (Wildman–Crippen MR) is 81.9 cm³/mol. The van der Waals surface area contributed by atoms with Gasteiger partial charge in [0.2, 0.25) is 0 Å². The Morgan fingerprint density at radius 1 is 1.20 bits per heavy atom. The Kier molecular flexibility index (Phi) is 11.8. The smallest absolute Gasteiger partial charge is 0.320 e. The molecule has 0 saturated carbocycles. The number of nitrogens with one attached hydrogen (secondary N) is 1. The van der Waals surface area contributed by atoms with Gasteiger partial charge in [-0.3, -0.25) is 4.79 Å². The molecule has 4 heteroatoms. The van der Waals surface area contributed by atoms with Crippen LogP contribution in [0.4, 0.5) is 0 Å². The fraction of sp³-hybridized carbons (Fsp3) is 0.562. The van der Waals surface area contributed by atoms with Crippen molar-refractivity contribution in [3.63, 3.8) is 0 Å². The van der Waals surface area contributed by atoms with Crippen molar-refractivity contribution in [2.24, 2.45) is 0 Å². The van der Waals surface area contributed by atoms with Gasteiger partial charge in [0.25, 0.3) is 0 Å². The number of carboxylic acids is 1. The van der Waals surface area contributed by atoms with E-state index >= 15 is 0 Å². The molecule has 0 amide bonds. The molecule has 0 saturated heterocycles. The molecule has 20 heavy (non-hydrogen) atoms. The van der Waals surface area contributed by atoms with Crippen molar-refractivity contribution in [1.29, 1.82) is 0 Å². The maximum Gasteiger partial charge on any atom is 0.320 e. The molecular formula is C16H27NO3. The van der Waals surface area contributed by atoms with Crippen LogP contribution in [0.15, 0.2) is 30.3 Å². The van der Waals surface area contributed by atoms with Crippen LogP contribution in [-0.2, 0) is 11.2 Å². The van der Waals surface area contributed by atoms with Crippen LogP contribution in [0.3, 0.4) is 0 Å². The molecule has 0 aliphatic carbocycles. The second-order valence-electron chi connectivity index (χ2n) is 4.59. The molecule has 0 aliphatic rings. The molecule has 0 bridgehead atoms. The normalized spacial score (nSPS) is 11.3. The Morgan fingerprint density at radius 3 is 2.30 bits per heavy atom. The minimum absolute atomic E-state index is 0.0896. The number of carboxylic acid groups (broad SMARTS) is 1. The SMILES string of the molecule is CCCN[C@@H](CCO)C(=O)O.CCCc1ccccc1.